The Balaban J connectivity index is 0.0000318. The first-order chi connectivity index (χ1) is 57.8. The number of para-hydroxylation sites is 1. The maximum atomic E-state index is 14.7. The minimum Gasteiger partial charge on any atom is -0.549 e. The number of aliphatic hydroxyl groups is 1. The zero-order valence-corrected chi connectivity index (χ0v) is 73.8. The zero-order chi connectivity index (χ0) is 90.1. The summed E-state index contributed by atoms with van der Waals surface area (Å²) in [5.74, 6) is -15.7. The van der Waals surface area contributed by atoms with Crippen LogP contribution in [0.3, 0.4) is 0 Å². The van der Waals surface area contributed by atoms with Crippen LogP contribution in [0.1, 0.15) is 117 Å². The number of imidazole rings is 1. The van der Waals surface area contributed by atoms with Crippen LogP contribution in [0, 0.1) is 17.8 Å². The van der Waals surface area contributed by atoms with Gasteiger partial charge in [-0.15, -0.1) is 0 Å². The Morgan fingerprint density at radius 1 is 0.463 bits per heavy atom. The van der Waals surface area contributed by atoms with Crippen molar-refractivity contribution < 1.29 is 102 Å². The minimum absolute atomic E-state index is 0. The molecule has 0 radical (unpaired) electrons. The number of carbonyl (C=O) groups is 17. The molecule has 0 unspecified atom stereocenters. The first-order valence-electron chi connectivity index (χ1n) is 40.6. The van der Waals surface area contributed by atoms with Gasteiger partial charge in [0.2, 0.25) is 82.7 Å². The summed E-state index contributed by atoms with van der Waals surface area (Å²) in [5.41, 5.74) is 13.2. The first-order valence-corrected chi connectivity index (χ1v) is 40.6. The van der Waals surface area contributed by atoms with Crippen molar-refractivity contribution in [3.05, 3.63) is 90.1 Å². The quantitative estimate of drug-likeness (QED) is 0.0195. The summed E-state index contributed by atoms with van der Waals surface area (Å²) >= 11 is 0. The summed E-state index contributed by atoms with van der Waals surface area (Å²) in [5, 5.41) is 77.8. The number of nitrogens with two attached hydrogens (primary N) is 2. The average Bonchev–Trinajstić information content (AvgIpc) is 1.70. The van der Waals surface area contributed by atoms with E-state index in [1.807, 2.05) is 27.7 Å². The molecule has 4 aromatic rings. The molecule has 43 heteroatoms. The van der Waals surface area contributed by atoms with E-state index in [2.05, 4.69) is 78.8 Å². The van der Waals surface area contributed by atoms with Crippen LogP contribution in [-0.4, -0.2) is 325 Å². The number of hydrogen-bond acceptors (Lipinski definition) is 26. The number of benzene rings is 2. The summed E-state index contributed by atoms with van der Waals surface area (Å²) in [6.45, 7) is 9.92. The third kappa shape index (κ3) is 40.6. The summed E-state index contributed by atoms with van der Waals surface area (Å²) in [7, 11) is 0. The van der Waals surface area contributed by atoms with Gasteiger partial charge in [-0.1, -0.05) is 90.1 Å². The molecule has 0 aliphatic carbocycles. The van der Waals surface area contributed by atoms with Gasteiger partial charge in [0.1, 0.15) is 42.3 Å². The van der Waals surface area contributed by atoms with E-state index in [0.717, 1.165) is 0 Å². The molecule has 1 aliphatic rings. The Kier molecular flexibility index (Phi) is 46.1. The molecule has 0 saturated carbocycles. The maximum Gasteiger partial charge on any atom is 3.00 e. The van der Waals surface area contributed by atoms with Gasteiger partial charge in [0.05, 0.1) is 61.6 Å². The topological polar surface area (TPSA) is 633 Å². The molecule has 3 heterocycles. The number of H-pyrrole nitrogens is 2. The van der Waals surface area contributed by atoms with E-state index in [4.69, 9.17) is 11.5 Å². The van der Waals surface area contributed by atoms with E-state index in [-0.39, 0.29) is 168 Å². The van der Waals surface area contributed by atoms with Crippen molar-refractivity contribution in [1.82, 2.24) is 98.4 Å². The number of aliphatic carboxylic acids is 3. The Bertz CT molecular complexity index is 4140. The fraction of sp³-hybridized carbons (Fsp3) is 0.575. The van der Waals surface area contributed by atoms with Crippen LogP contribution in [0.5, 0.6) is 0 Å². The number of fused-ring (bicyclic) bond motifs is 1. The van der Waals surface area contributed by atoms with Crippen molar-refractivity contribution in [2.75, 3.05) is 105 Å². The Hall–Kier alpha value is -11.1. The molecule has 5 rings (SSSR count). The molecule has 42 nitrogen and oxygen atoms in total. The maximum absolute atomic E-state index is 14.7. The van der Waals surface area contributed by atoms with E-state index in [0.29, 0.717) is 27.7 Å². The predicted octanol–water partition coefficient (Wildman–Crippen LogP) is -9.21. The third-order valence-electron chi connectivity index (χ3n) is 19.7. The molecular formula is C80H118InN21O21. The Morgan fingerprint density at radius 2 is 0.935 bits per heavy atom. The van der Waals surface area contributed by atoms with Crippen LogP contribution >= 0.6 is 0 Å². The van der Waals surface area contributed by atoms with Gasteiger partial charge in [-0.05, 0) is 61.1 Å². The number of amides is 14. The molecule has 1 fully saturated rings. The van der Waals surface area contributed by atoms with Gasteiger partial charge in [-0.2, -0.15) is 0 Å². The standard InChI is InChI=1S/C80H121N21O21.In/c1-47(2)33-57(62(102)38-67(107)91-58(74(82)116)34-48(3)4)95-79(121)61(37-53-40-83-46-89-53)93-68(108)41-88-80(122)73(49(5)6)97-75(117)50(7)90-77(119)60(36-52-39-87-55-16-12-11-15-54(52)55)96-76(118)56(17-18-63(81)103)94-78(120)59(35-51-13-9-8-10-14-51)92-66(106)21-24-85-64(104)19-22-84-65(105)20-23-86-69(109)42-98-25-27-99(43-70(110)111)29-31-101(45-72(114)115)32-30-100(28-26-98)44-71(112)113;/h8-16,39-40,46-50,56-62,73,87,102H,17-38,41-45H2,1-7H3,(H2,81,103)(H2,82,116)(H,83,89)(H,84,105)(H,85,104)(H,86,109)(H,88,122)(H,90,119)(H,91,107)(H,92,106)(H,93,108)(H,94,120)(H,95,121)(H,96,118)(H,97,117)(H,110,111)(H,112,113)(H,114,115);/q;+3/p-3/t50-,56-,57-,58-,59+,60-,61-,62-,73-;/m0./s1/i;1-4. The van der Waals surface area contributed by atoms with Gasteiger partial charge in [-0.3, -0.25) is 86.7 Å². The summed E-state index contributed by atoms with van der Waals surface area (Å²) in [6, 6.07) is 4.81. The number of aromatic nitrogens is 3. The Labute approximate surface area is 731 Å². The van der Waals surface area contributed by atoms with Crippen molar-refractivity contribution in [3.63, 3.8) is 0 Å². The number of carboxylic acid groups (broad SMARTS) is 3. The Morgan fingerprint density at radius 3 is 1.46 bits per heavy atom. The minimum atomic E-state index is -1.60. The van der Waals surface area contributed by atoms with Gasteiger partial charge in [0, 0.05) is 160 Å². The van der Waals surface area contributed by atoms with E-state index >= 15 is 0 Å². The second-order valence-electron chi connectivity index (χ2n) is 31.3. The number of carboxylic acids is 3. The second kappa shape index (κ2) is 54.4. The van der Waals surface area contributed by atoms with E-state index < -0.39 is 206 Å². The number of aliphatic hydroxyl groups excluding tert-OH is 1. The van der Waals surface area contributed by atoms with Crippen molar-refractivity contribution >= 4 is 137 Å². The fourth-order valence-corrected chi connectivity index (χ4v) is 13.2. The number of carbonyl (C=O) groups excluding carboxylic acids is 17. The van der Waals surface area contributed by atoms with Gasteiger partial charge >= 0.3 is 25.8 Å². The molecule has 672 valence electrons. The normalized spacial score (nSPS) is 15.3. The molecule has 2 aromatic carbocycles. The first kappa shape index (κ1) is 104. The van der Waals surface area contributed by atoms with Gasteiger partial charge < -0.3 is 120 Å². The van der Waals surface area contributed by atoms with Crippen molar-refractivity contribution in [1.29, 1.82) is 0 Å². The van der Waals surface area contributed by atoms with E-state index in [1.165, 1.54) is 34.1 Å². The third-order valence-corrected chi connectivity index (χ3v) is 19.7. The van der Waals surface area contributed by atoms with Crippen LogP contribution < -0.4 is 90.6 Å². The number of aromatic amines is 2. The molecule has 0 spiro atoms. The van der Waals surface area contributed by atoms with Crippen molar-refractivity contribution in [3.8, 4) is 0 Å². The molecule has 1 saturated heterocycles. The molecular weight excluding hydrogens is 1700 g/mol. The smallest absolute Gasteiger partial charge is 0.549 e. The molecule has 1 aliphatic heterocycles. The summed E-state index contributed by atoms with van der Waals surface area (Å²) in [6.07, 6.45) is 0.721. The number of rotatable bonds is 51. The van der Waals surface area contributed by atoms with Gasteiger partial charge in [0.25, 0.3) is 0 Å². The zero-order valence-electron chi connectivity index (χ0n) is 70.5. The van der Waals surface area contributed by atoms with Crippen molar-refractivity contribution in [2.45, 2.75) is 174 Å². The summed E-state index contributed by atoms with van der Waals surface area (Å²) in [4.78, 5) is 240. The predicted molar refractivity (Wildman–Crippen MR) is 440 cm³/mol. The molecule has 14 amide bonds. The molecule has 0 bridgehead atoms. The largest absolute Gasteiger partial charge is 3.00 e. The monoisotopic (exact) mass is 1820 g/mol. The average molecular weight is 1820 g/mol. The SMILES string of the molecule is CC(C)C[C@H](NC(=O)C[C@H](O)[C@H](CC(C)C)NC(=O)[C@H](Cc1c[nH]cn1)NC(=O)CNC(=O)[C@@H](NC(=O)[C@H](C)NC(=O)[C@H](Cc1c[nH]c2ccccc12)NC(=O)[C@H](CCC(N)=O)NC(=O)[C@@H](Cc1ccccc1)NC(=O)CCNC(=O)CCNC(=O)CCNC(=O)CN1CCN(CC(=O)[O-])CCN(CC(=O)[O-])CCN(CC(=O)[O-])CC1)C(C)C)C(N)=O.[111In+3]. The molecule has 2 aromatic heterocycles. The van der Waals surface area contributed by atoms with Gasteiger partial charge in [-0.25, -0.2) is 4.98 Å². The number of nitrogens with one attached hydrogen (secondary N) is 14. The van der Waals surface area contributed by atoms with E-state index in [9.17, 15) is 102 Å². The van der Waals surface area contributed by atoms with Crippen LogP contribution in [0.25, 0.3) is 10.9 Å². The molecule has 9 atom stereocenters. The van der Waals surface area contributed by atoms with Crippen molar-refractivity contribution in [2.24, 2.45) is 29.2 Å². The number of primary amides is 2. The number of nitrogens with zero attached hydrogens (tertiary/aromatic N) is 5. The summed E-state index contributed by atoms with van der Waals surface area (Å²) < 4.78 is 0. The second-order valence-corrected chi connectivity index (χ2v) is 31.3. The van der Waals surface area contributed by atoms with E-state index in [1.54, 1.807) is 79.5 Å². The van der Waals surface area contributed by atoms with Crippen LogP contribution in [-0.2, 0) is 101 Å². The van der Waals surface area contributed by atoms with Crippen LogP contribution in [0.15, 0.2) is 73.3 Å². The molecule has 19 N–H and O–H groups in total. The van der Waals surface area contributed by atoms with Crippen LogP contribution in [0.2, 0.25) is 0 Å². The number of hydrogen-bond donors (Lipinski definition) is 17. The van der Waals surface area contributed by atoms with Crippen LogP contribution in [0.4, 0.5) is 0 Å². The fourth-order valence-electron chi connectivity index (χ4n) is 13.2. The van der Waals surface area contributed by atoms with Gasteiger partial charge in [0.15, 0.2) is 0 Å². The molecule has 123 heavy (non-hydrogen) atoms.